The van der Waals surface area contributed by atoms with Crippen LogP contribution in [0, 0.1) is 12.7 Å². The largest absolute Gasteiger partial charge is 0.437 e. The first kappa shape index (κ1) is 13.5. The number of carbonyl (C=O) groups is 1. The van der Waals surface area contributed by atoms with Crippen molar-refractivity contribution in [3.63, 3.8) is 0 Å². The van der Waals surface area contributed by atoms with Gasteiger partial charge in [-0.1, -0.05) is 0 Å². The van der Waals surface area contributed by atoms with Crippen LogP contribution in [0.15, 0.2) is 22.7 Å². The van der Waals surface area contributed by atoms with Crippen LogP contribution in [-0.2, 0) is 7.05 Å². The highest BCUT2D eigenvalue weighted by Gasteiger charge is 2.21. The van der Waals surface area contributed by atoms with Crippen molar-refractivity contribution in [3.05, 3.63) is 39.7 Å². The Morgan fingerprint density at radius 3 is 2.84 bits per heavy atom. The molecule has 0 saturated carbocycles. The molecule has 19 heavy (non-hydrogen) atoms. The SMILES string of the molecule is Cc1nn(C)c(Oc2cc(F)ccc2Br)c1C(N)=O. The third-order valence-electron chi connectivity index (χ3n) is 2.52. The van der Waals surface area contributed by atoms with Gasteiger partial charge in [0.1, 0.15) is 17.1 Å². The first-order valence-electron chi connectivity index (χ1n) is 5.36. The minimum absolute atomic E-state index is 0.177. The minimum Gasteiger partial charge on any atom is -0.437 e. The van der Waals surface area contributed by atoms with Gasteiger partial charge in [0.05, 0.1) is 10.2 Å². The number of halogens is 2. The number of hydrogen-bond acceptors (Lipinski definition) is 3. The number of amides is 1. The number of carbonyl (C=O) groups excluding carboxylic acids is 1. The fraction of sp³-hybridized carbons (Fsp3) is 0.167. The topological polar surface area (TPSA) is 70.1 Å². The van der Waals surface area contributed by atoms with Gasteiger partial charge in [-0.25, -0.2) is 9.07 Å². The second kappa shape index (κ2) is 5.00. The third-order valence-corrected chi connectivity index (χ3v) is 3.17. The fourth-order valence-electron chi connectivity index (χ4n) is 1.70. The first-order valence-corrected chi connectivity index (χ1v) is 6.15. The number of nitrogens with zero attached hydrogens (tertiary/aromatic N) is 2. The standard InChI is InChI=1S/C12H11BrFN3O2/c1-6-10(11(15)18)12(17(2)16-6)19-9-5-7(14)3-4-8(9)13/h3-5H,1-2H3,(H2,15,18). The van der Waals surface area contributed by atoms with Gasteiger partial charge in [0, 0.05) is 13.1 Å². The third kappa shape index (κ3) is 2.60. The molecule has 0 radical (unpaired) electrons. The molecule has 2 rings (SSSR count). The van der Waals surface area contributed by atoms with Gasteiger partial charge in [-0.3, -0.25) is 4.79 Å². The summed E-state index contributed by atoms with van der Waals surface area (Å²) in [6.45, 7) is 1.65. The van der Waals surface area contributed by atoms with Crippen LogP contribution in [0.1, 0.15) is 16.1 Å². The molecular formula is C12H11BrFN3O2. The average Bonchev–Trinajstić information content (AvgIpc) is 2.59. The second-order valence-electron chi connectivity index (χ2n) is 3.93. The molecule has 5 nitrogen and oxygen atoms in total. The summed E-state index contributed by atoms with van der Waals surface area (Å²) in [6, 6.07) is 4.01. The zero-order valence-corrected chi connectivity index (χ0v) is 11.9. The van der Waals surface area contributed by atoms with Crippen molar-refractivity contribution in [1.82, 2.24) is 9.78 Å². The van der Waals surface area contributed by atoms with E-state index in [4.69, 9.17) is 10.5 Å². The van der Waals surface area contributed by atoms with Crippen molar-refractivity contribution < 1.29 is 13.9 Å². The van der Waals surface area contributed by atoms with Crippen LogP contribution < -0.4 is 10.5 Å². The maximum Gasteiger partial charge on any atom is 0.256 e. The lowest BCUT2D eigenvalue weighted by molar-refractivity contribution is 0.0997. The van der Waals surface area contributed by atoms with E-state index < -0.39 is 11.7 Å². The molecule has 1 amide bonds. The summed E-state index contributed by atoms with van der Waals surface area (Å²) in [6.07, 6.45) is 0. The molecule has 0 aliphatic heterocycles. The molecule has 0 spiro atoms. The van der Waals surface area contributed by atoms with E-state index in [1.807, 2.05) is 0 Å². The smallest absolute Gasteiger partial charge is 0.256 e. The quantitative estimate of drug-likeness (QED) is 0.941. The van der Waals surface area contributed by atoms with Crippen molar-refractivity contribution in [1.29, 1.82) is 0 Å². The lowest BCUT2D eigenvalue weighted by Crippen LogP contribution is -2.13. The Labute approximate surface area is 117 Å². The van der Waals surface area contributed by atoms with E-state index in [2.05, 4.69) is 21.0 Å². The van der Waals surface area contributed by atoms with Crippen LogP contribution in [-0.4, -0.2) is 15.7 Å². The molecule has 2 N–H and O–H groups in total. The lowest BCUT2D eigenvalue weighted by Gasteiger charge is -2.09. The monoisotopic (exact) mass is 327 g/mol. The number of ether oxygens (including phenoxy) is 1. The molecule has 0 aliphatic carbocycles. The van der Waals surface area contributed by atoms with Crippen molar-refractivity contribution in [2.45, 2.75) is 6.92 Å². The highest BCUT2D eigenvalue weighted by Crippen LogP contribution is 2.32. The Morgan fingerprint density at radius 2 is 2.21 bits per heavy atom. The van der Waals surface area contributed by atoms with Gasteiger partial charge in [0.2, 0.25) is 5.88 Å². The molecule has 2 aromatic rings. The summed E-state index contributed by atoms with van der Waals surface area (Å²) < 4.78 is 20.7. The molecule has 0 bridgehead atoms. The number of aryl methyl sites for hydroxylation is 2. The van der Waals surface area contributed by atoms with E-state index in [0.29, 0.717) is 10.2 Å². The lowest BCUT2D eigenvalue weighted by atomic mass is 10.2. The van der Waals surface area contributed by atoms with Crippen molar-refractivity contribution in [2.75, 3.05) is 0 Å². The maximum atomic E-state index is 13.2. The van der Waals surface area contributed by atoms with E-state index in [-0.39, 0.29) is 17.2 Å². The Hall–Kier alpha value is -1.89. The van der Waals surface area contributed by atoms with E-state index in [1.54, 1.807) is 14.0 Å². The van der Waals surface area contributed by atoms with Gasteiger partial charge in [-0.15, -0.1) is 0 Å². The highest BCUT2D eigenvalue weighted by atomic mass is 79.9. The molecule has 7 heteroatoms. The van der Waals surface area contributed by atoms with Crippen LogP contribution in [0.4, 0.5) is 4.39 Å². The van der Waals surface area contributed by atoms with E-state index in [0.717, 1.165) is 0 Å². The van der Waals surface area contributed by atoms with Crippen LogP contribution in [0.25, 0.3) is 0 Å². The van der Waals surface area contributed by atoms with Crippen molar-refractivity contribution >= 4 is 21.8 Å². The molecule has 100 valence electrons. The second-order valence-corrected chi connectivity index (χ2v) is 4.78. The predicted octanol–water partition coefficient (Wildman–Crippen LogP) is 2.52. The molecular weight excluding hydrogens is 317 g/mol. The van der Waals surface area contributed by atoms with Gasteiger partial charge >= 0.3 is 0 Å². The number of aromatic nitrogens is 2. The Balaban J connectivity index is 2.49. The molecule has 0 saturated heterocycles. The zero-order chi connectivity index (χ0) is 14.2. The summed E-state index contributed by atoms with van der Waals surface area (Å²) in [5.41, 5.74) is 5.93. The van der Waals surface area contributed by atoms with Gasteiger partial charge in [-0.05, 0) is 35.0 Å². The number of primary amides is 1. The summed E-state index contributed by atoms with van der Waals surface area (Å²) in [4.78, 5) is 11.4. The normalized spacial score (nSPS) is 10.5. The maximum absolute atomic E-state index is 13.2. The Morgan fingerprint density at radius 1 is 1.53 bits per heavy atom. The van der Waals surface area contributed by atoms with Gasteiger partial charge in [0.25, 0.3) is 5.91 Å². The van der Waals surface area contributed by atoms with Gasteiger partial charge < -0.3 is 10.5 Å². The van der Waals surface area contributed by atoms with Crippen LogP contribution in [0.3, 0.4) is 0 Å². The van der Waals surface area contributed by atoms with Crippen molar-refractivity contribution in [2.24, 2.45) is 12.8 Å². The van der Waals surface area contributed by atoms with Gasteiger partial charge in [0.15, 0.2) is 0 Å². The number of benzene rings is 1. The molecule has 0 unspecified atom stereocenters. The van der Waals surface area contributed by atoms with E-state index in [1.165, 1.54) is 22.9 Å². The number of hydrogen-bond donors (Lipinski definition) is 1. The van der Waals surface area contributed by atoms with E-state index in [9.17, 15) is 9.18 Å². The van der Waals surface area contributed by atoms with Crippen LogP contribution in [0.5, 0.6) is 11.6 Å². The molecule has 1 aromatic heterocycles. The van der Waals surface area contributed by atoms with Crippen LogP contribution in [0.2, 0.25) is 0 Å². The summed E-state index contributed by atoms with van der Waals surface area (Å²) >= 11 is 3.24. The Bertz CT molecular complexity index is 655. The molecule has 1 aromatic carbocycles. The summed E-state index contributed by atoms with van der Waals surface area (Å²) in [7, 11) is 1.61. The van der Waals surface area contributed by atoms with E-state index >= 15 is 0 Å². The Kier molecular flexibility index (Phi) is 3.57. The highest BCUT2D eigenvalue weighted by molar-refractivity contribution is 9.10. The predicted molar refractivity (Wildman–Crippen MR) is 70.6 cm³/mol. The summed E-state index contributed by atoms with van der Waals surface area (Å²) in [5.74, 6) is -0.673. The first-order chi connectivity index (χ1) is 8.90. The molecule has 0 atom stereocenters. The van der Waals surface area contributed by atoms with Crippen LogP contribution >= 0.6 is 15.9 Å². The van der Waals surface area contributed by atoms with Gasteiger partial charge in [-0.2, -0.15) is 5.10 Å². The minimum atomic E-state index is -0.645. The molecule has 0 aliphatic rings. The molecule has 1 heterocycles. The zero-order valence-electron chi connectivity index (χ0n) is 10.3. The van der Waals surface area contributed by atoms with Crippen molar-refractivity contribution in [3.8, 4) is 11.6 Å². The number of nitrogens with two attached hydrogens (primary N) is 1. The molecule has 0 fully saturated rings. The fourth-order valence-corrected chi connectivity index (χ4v) is 2.02. The average molecular weight is 328 g/mol. The summed E-state index contributed by atoms with van der Waals surface area (Å²) in [5, 5.41) is 4.06. The number of rotatable bonds is 3.